The third-order valence-electron chi connectivity index (χ3n) is 4.08. The highest BCUT2D eigenvalue weighted by atomic mass is 19.1. The maximum Gasteiger partial charge on any atom is 0.414 e. The van der Waals surface area contributed by atoms with Crippen LogP contribution in [0.4, 0.5) is 14.9 Å². The van der Waals surface area contributed by atoms with E-state index in [1.807, 2.05) is 0 Å². The lowest BCUT2D eigenvalue weighted by atomic mass is 10.1. The second kappa shape index (κ2) is 7.08. The number of rotatable bonds is 6. The summed E-state index contributed by atoms with van der Waals surface area (Å²) < 4.78 is 24.4. The van der Waals surface area contributed by atoms with Crippen LogP contribution in [0.15, 0.2) is 18.2 Å². The Labute approximate surface area is 144 Å². The molecule has 1 aromatic rings. The van der Waals surface area contributed by atoms with Crippen molar-refractivity contribution in [2.45, 2.75) is 25.9 Å². The summed E-state index contributed by atoms with van der Waals surface area (Å²) in [5.41, 5.74) is 0.123. The largest absolute Gasteiger partial charge is 0.462 e. The van der Waals surface area contributed by atoms with Gasteiger partial charge in [0.25, 0.3) is 0 Å². The van der Waals surface area contributed by atoms with E-state index in [4.69, 9.17) is 9.47 Å². The van der Waals surface area contributed by atoms with Gasteiger partial charge in [0, 0.05) is 6.92 Å². The molecule has 0 spiro atoms. The Morgan fingerprint density at radius 3 is 2.80 bits per heavy atom. The van der Waals surface area contributed by atoms with Crippen molar-refractivity contribution < 1.29 is 28.2 Å². The number of nitrogens with zero attached hydrogens (tertiary/aromatic N) is 1. The highest BCUT2D eigenvalue weighted by molar-refractivity contribution is 5.93. The van der Waals surface area contributed by atoms with E-state index in [1.165, 1.54) is 24.0 Å². The molecule has 0 bridgehead atoms. The molecule has 134 valence electrons. The van der Waals surface area contributed by atoms with Crippen LogP contribution in [0.1, 0.15) is 30.1 Å². The fraction of sp³-hybridized carbons (Fsp3) is 0.471. The van der Waals surface area contributed by atoms with Gasteiger partial charge in [0.2, 0.25) is 5.91 Å². The molecule has 2 amide bonds. The van der Waals surface area contributed by atoms with E-state index in [0.717, 1.165) is 18.9 Å². The normalized spacial score (nSPS) is 19.5. The molecule has 0 aromatic heterocycles. The van der Waals surface area contributed by atoms with Crippen molar-refractivity contribution in [3.05, 3.63) is 29.6 Å². The molecule has 3 rings (SSSR count). The van der Waals surface area contributed by atoms with Crippen LogP contribution >= 0.6 is 0 Å². The fourth-order valence-corrected chi connectivity index (χ4v) is 2.49. The molecule has 1 aliphatic heterocycles. The van der Waals surface area contributed by atoms with E-state index >= 15 is 0 Å². The molecule has 1 aromatic carbocycles. The smallest absolute Gasteiger partial charge is 0.414 e. The van der Waals surface area contributed by atoms with E-state index in [0.29, 0.717) is 12.5 Å². The minimum Gasteiger partial charge on any atom is -0.462 e. The third kappa shape index (κ3) is 4.26. The van der Waals surface area contributed by atoms with Gasteiger partial charge < -0.3 is 14.8 Å². The minimum atomic E-state index is -0.753. The first-order valence-corrected chi connectivity index (χ1v) is 8.13. The molecular formula is C17H19FN2O5. The molecule has 2 aliphatic rings. The Kier molecular flexibility index (Phi) is 4.87. The van der Waals surface area contributed by atoms with Gasteiger partial charge in [-0.2, -0.15) is 0 Å². The predicted octanol–water partition coefficient (Wildman–Crippen LogP) is 1.85. The zero-order chi connectivity index (χ0) is 18.0. The molecule has 1 saturated carbocycles. The predicted molar refractivity (Wildman–Crippen MR) is 85.7 cm³/mol. The first kappa shape index (κ1) is 17.2. The molecular weight excluding hydrogens is 331 g/mol. The van der Waals surface area contributed by atoms with Crippen molar-refractivity contribution in [1.29, 1.82) is 0 Å². The number of benzene rings is 1. The zero-order valence-corrected chi connectivity index (χ0v) is 13.8. The van der Waals surface area contributed by atoms with Gasteiger partial charge in [0.15, 0.2) is 0 Å². The lowest BCUT2D eigenvalue weighted by Crippen LogP contribution is -2.33. The second-order valence-electron chi connectivity index (χ2n) is 6.26. The molecule has 1 N–H and O–H groups in total. The van der Waals surface area contributed by atoms with Gasteiger partial charge in [0.05, 0.1) is 30.9 Å². The van der Waals surface area contributed by atoms with Gasteiger partial charge in [0.1, 0.15) is 11.9 Å². The lowest BCUT2D eigenvalue weighted by Gasteiger charge is -2.14. The summed E-state index contributed by atoms with van der Waals surface area (Å²) in [5, 5.41) is 2.57. The van der Waals surface area contributed by atoms with Gasteiger partial charge in [-0.1, -0.05) is 0 Å². The van der Waals surface area contributed by atoms with Gasteiger partial charge in [-0.05, 0) is 37.0 Å². The highest BCUT2D eigenvalue weighted by Gasteiger charge is 2.33. The van der Waals surface area contributed by atoms with E-state index in [-0.39, 0.29) is 30.2 Å². The molecule has 2 fully saturated rings. The number of halogens is 1. The van der Waals surface area contributed by atoms with Crippen molar-refractivity contribution >= 4 is 23.7 Å². The maximum atomic E-state index is 14.2. The fourth-order valence-electron chi connectivity index (χ4n) is 2.49. The summed E-state index contributed by atoms with van der Waals surface area (Å²) in [7, 11) is 0. The molecule has 1 heterocycles. The van der Waals surface area contributed by atoms with E-state index < -0.39 is 24.0 Å². The van der Waals surface area contributed by atoms with Gasteiger partial charge in [-0.3, -0.25) is 9.69 Å². The summed E-state index contributed by atoms with van der Waals surface area (Å²) in [5.74, 6) is -1.29. The van der Waals surface area contributed by atoms with Gasteiger partial charge >= 0.3 is 12.1 Å². The van der Waals surface area contributed by atoms with Gasteiger partial charge in [-0.25, -0.2) is 14.0 Å². The number of carbonyl (C=O) groups is 3. The molecule has 1 aliphatic carbocycles. The Bertz CT molecular complexity index is 704. The monoisotopic (exact) mass is 350 g/mol. The van der Waals surface area contributed by atoms with Crippen LogP contribution in [0.3, 0.4) is 0 Å². The molecule has 8 heteroatoms. The molecule has 1 atom stereocenters. The highest BCUT2D eigenvalue weighted by Crippen LogP contribution is 2.29. The minimum absolute atomic E-state index is 0.160. The van der Waals surface area contributed by atoms with Crippen LogP contribution in [-0.2, 0) is 14.3 Å². The lowest BCUT2D eigenvalue weighted by molar-refractivity contribution is -0.119. The summed E-state index contributed by atoms with van der Waals surface area (Å²) in [6, 6.07) is 3.88. The molecule has 0 radical (unpaired) electrons. The standard InChI is InChI=1S/C17H19FN2O5/c1-10(21)19-7-13-8-20(17(23)25-13)12-4-5-14(15(18)6-12)16(22)24-9-11-2-3-11/h4-6,11,13H,2-3,7-9H2,1H3,(H,19,21). The Morgan fingerprint density at radius 1 is 1.40 bits per heavy atom. The van der Waals surface area contributed by atoms with E-state index in [2.05, 4.69) is 5.32 Å². The van der Waals surface area contributed by atoms with Crippen molar-refractivity contribution in [3.8, 4) is 0 Å². The number of amides is 2. The topological polar surface area (TPSA) is 84.9 Å². The first-order chi connectivity index (χ1) is 11.9. The van der Waals surface area contributed by atoms with E-state index in [9.17, 15) is 18.8 Å². The van der Waals surface area contributed by atoms with Gasteiger partial charge in [-0.15, -0.1) is 0 Å². The number of carbonyl (C=O) groups excluding carboxylic acids is 3. The number of nitrogens with one attached hydrogen (secondary N) is 1. The SMILES string of the molecule is CC(=O)NCC1CN(c2ccc(C(=O)OCC3CC3)c(F)c2)C(=O)O1. The Balaban J connectivity index is 1.64. The molecule has 1 unspecified atom stereocenters. The number of hydrogen-bond donors (Lipinski definition) is 1. The molecule has 1 saturated heterocycles. The summed E-state index contributed by atoms with van der Waals surface area (Å²) in [6.45, 7) is 2.05. The number of anilines is 1. The van der Waals surface area contributed by atoms with Crippen LogP contribution in [0.25, 0.3) is 0 Å². The maximum absolute atomic E-state index is 14.2. The average Bonchev–Trinajstić information content (AvgIpc) is 3.32. The van der Waals surface area contributed by atoms with Crippen LogP contribution in [0, 0.1) is 11.7 Å². The summed E-state index contributed by atoms with van der Waals surface area (Å²) >= 11 is 0. The van der Waals surface area contributed by atoms with Crippen molar-refractivity contribution in [2.75, 3.05) is 24.6 Å². The quantitative estimate of drug-likeness (QED) is 0.792. The number of esters is 1. The molecule has 25 heavy (non-hydrogen) atoms. The van der Waals surface area contributed by atoms with Crippen LogP contribution in [0.5, 0.6) is 0 Å². The number of cyclic esters (lactones) is 1. The average molecular weight is 350 g/mol. The Morgan fingerprint density at radius 2 is 2.16 bits per heavy atom. The third-order valence-corrected chi connectivity index (χ3v) is 4.08. The second-order valence-corrected chi connectivity index (χ2v) is 6.26. The number of ether oxygens (including phenoxy) is 2. The van der Waals surface area contributed by atoms with Crippen LogP contribution in [0.2, 0.25) is 0 Å². The number of hydrogen-bond acceptors (Lipinski definition) is 5. The van der Waals surface area contributed by atoms with E-state index in [1.54, 1.807) is 0 Å². The Hall–Kier alpha value is -2.64. The van der Waals surface area contributed by atoms with Crippen molar-refractivity contribution in [3.63, 3.8) is 0 Å². The first-order valence-electron chi connectivity index (χ1n) is 8.13. The molecule has 7 nitrogen and oxygen atoms in total. The summed E-state index contributed by atoms with van der Waals surface area (Å²) in [4.78, 5) is 36.0. The van der Waals surface area contributed by atoms with Crippen molar-refractivity contribution in [1.82, 2.24) is 5.32 Å². The summed E-state index contributed by atoms with van der Waals surface area (Å²) in [6.07, 6.45) is 0.929. The zero-order valence-electron chi connectivity index (χ0n) is 13.8. The van der Waals surface area contributed by atoms with Crippen LogP contribution < -0.4 is 10.2 Å². The van der Waals surface area contributed by atoms with Crippen molar-refractivity contribution in [2.24, 2.45) is 5.92 Å². The van der Waals surface area contributed by atoms with Crippen LogP contribution in [-0.4, -0.2) is 43.8 Å².